The van der Waals surface area contributed by atoms with Crippen molar-refractivity contribution < 1.29 is 60.6 Å². The van der Waals surface area contributed by atoms with Crippen LogP contribution in [0.25, 0.3) is 0 Å². The van der Waals surface area contributed by atoms with Crippen LogP contribution in [-0.2, 0) is 45.9 Å². The first-order chi connectivity index (χ1) is 29.4. The highest BCUT2D eigenvalue weighted by molar-refractivity contribution is 7.89. The van der Waals surface area contributed by atoms with Crippen molar-refractivity contribution >= 4 is 60.7 Å². The Kier molecular flexibility index (Phi) is 17.1. The van der Waals surface area contributed by atoms with E-state index in [0.717, 1.165) is 4.57 Å². The van der Waals surface area contributed by atoms with E-state index in [2.05, 4.69) is 45.6 Å². The average molecular weight is 885 g/mol. The summed E-state index contributed by atoms with van der Waals surface area (Å²) in [7, 11) is 2.58. The third-order valence-corrected chi connectivity index (χ3v) is 9.85. The monoisotopic (exact) mass is 884 g/mol. The summed E-state index contributed by atoms with van der Waals surface area (Å²) in [6.45, 7) is 5.32. The summed E-state index contributed by atoms with van der Waals surface area (Å²) in [6, 6.07) is 19.8. The van der Waals surface area contributed by atoms with E-state index in [1.165, 1.54) is 50.2 Å². The molecular weight excluding hydrogens is 845 g/mol. The highest BCUT2D eigenvalue weighted by Crippen LogP contribution is 2.42. The molecule has 0 bridgehead atoms. The van der Waals surface area contributed by atoms with Crippen molar-refractivity contribution in [1.29, 1.82) is 0 Å². The first-order valence-corrected chi connectivity index (χ1v) is 19.3. The Morgan fingerprint density at radius 1 is 0.787 bits per heavy atom. The van der Waals surface area contributed by atoms with Gasteiger partial charge in [-0.2, -0.15) is 9.97 Å². The molecule has 21 nitrogen and oxygen atoms in total. The molecule has 2 aliphatic rings. The molecule has 2 amide bonds. The summed E-state index contributed by atoms with van der Waals surface area (Å²) >= 11 is 1.03. The van der Waals surface area contributed by atoms with Gasteiger partial charge in [-0.15, -0.1) is 8.67 Å². The van der Waals surface area contributed by atoms with Gasteiger partial charge in [0.2, 0.25) is 0 Å². The fourth-order valence-electron chi connectivity index (χ4n) is 6.07. The fourth-order valence-corrected chi connectivity index (χ4v) is 6.98. The number of nitrogens with one attached hydrogen (secondary N) is 2. The van der Waals surface area contributed by atoms with Crippen LogP contribution in [0.2, 0.25) is 0 Å². The topological polar surface area (TPSA) is 256 Å². The number of aromatic nitrogens is 4. The largest absolute Gasteiger partial charge is 0.383 e. The predicted octanol–water partition coefficient (Wildman–Crippen LogP) is 3.32. The molecule has 2 saturated heterocycles. The summed E-state index contributed by atoms with van der Waals surface area (Å²) in [5, 5.41) is 16.1. The number of anilines is 2. The fraction of sp³-hybridized carbons (Fsp3) is 0.316. The van der Waals surface area contributed by atoms with Crippen molar-refractivity contribution in [2.45, 2.75) is 62.2 Å². The molecule has 0 radical (unpaired) electrons. The molecule has 7 atom stereocenters. The van der Waals surface area contributed by atoms with Crippen LogP contribution in [0.3, 0.4) is 0 Å². The molecule has 2 aromatic heterocycles. The Bertz CT molecular complexity index is 2250. The van der Waals surface area contributed by atoms with Gasteiger partial charge in [0, 0.05) is 41.9 Å². The second kappa shape index (κ2) is 22.4. The lowest BCUT2D eigenvalue weighted by Gasteiger charge is -2.29. The molecule has 0 spiro atoms. The number of carbonyl (C=O) groups excluding carboxylic acids is 4. The lowest BCUT2D eigenvalue weighted by atomic mass is 9.95. The number of hydrogen-bond donors (Lipinski definition) is 3. The van der Waals surface area contributed by atoms with Gasteiger partial charge in [0.25, 0.3) is 11.8 Å². The van der Waals surface area contributed by atoms with Crippen LogP contribution in [0, 0.1) is 0 Å². The zero-order valence-corrected chi connectivity index (χ0v) is 34.2. The van der Waals surface area contributed by atoms with Crippen LogP contribution in [0.1, 0.15) is 52.9 Å². The minimum Gasteiger partial charge on any atom is -0.383 e. The van der Waals surface area contributed by atoms with Crippen LogP contribution in [-0.4, -0.2) is 92.8 Å². The smallest absolute Gasteiger partial charge is 0.351 e. The number of benzene rings is 2. The molecule has 4 aromatic rings. The maximum absolute atomic E-state index is 12.6. The first-order valence-electron chi connectivity index (χ1n) is 18.0. The van der Waals surface area contributed by atoms with Gasteiger partial charge in [0.1, 0.15) is 42.0 Å². The van der Waals surface area contributed by atoms with Crippen LogP contribution in [0.4, 0.5) is 11.6 Å². The highest BCUT2D eigenvalue weighted by Gasteiger charge is 2.55. The quantitative estimate of drug-likeness (QED) is 0.0323. The summed E-state index contributed by atoms with van der Waals surface area (Å²) in [6.07, 6.45) is -1.37. The summed E-state index contributed by atoms with van der Waals surface area (Å²) in [5.74, 6) is -0.690. The van der Waals surface area contributed by atoms with Gasteiger partial charge in [0.05, 0.1) is 26.4 Å². The standard InChI is InChI=1S/C19H21N3O8S.C19H19N3O7S/c1-19(26)15(29-31-30-27-2)13(9-11-23)28-17(19)22-10-8-14(21-18(22)25)20-16(24)12-6-4-3-5-7-12;1-12-16(28-30-29-26-2)14(9-11-23)27-18(12)22-10-8-15(21-19(22)25)20-17(24)13-6-4-3-5-7-13/h3-8,10-11,13,15,17,26H,9H2,1-2H3,(H,20,21,24,25);3-8,10-11,14,16,18H,1,9H2,2H3,(H,20,21,24,25)/t13-,15+,17-,19?;14-,16-,18-/m11/s1. The summed E-state index contributed by atoms with van der Waals surface area (Å²) in [5.41, 5.74) is -1.93. The molecule has 0 aliphatic carbocycles. The van der Waals surface area contributed by atoms with E-state index < -0.39 is 65.7 Å². The van der Waals surface area contributed by atoms with Crippen molar-refractivity contribution in [3.63, 3.8) is 0 Å². The number of nitrogens with zero attached hydrogens (tertiary/aromatic N) is 4. The maximum atomic E-state index is 12.6. The van der Waals surface area contributed by atoms with E-state index in [1.54, 1.807) is 60.7 Å². The van der Waals surface area contributed by atoms with E-state index >= 15 is 0 Å². The second-order valence-electron chi connectivity index (χ2n) is 12.9. The Hall–Kier alpha value is -5.44. The van der Waals surface area contributed by atoms with E-state index in [4.69, 9.17) is 17.8 Å². The molecule has 1 unspecified atom stereocenters. The number of rotatable bonds is 18. The van der Waals surface area contributed by atoms with Crippen molar-refractivity contribution in [3.8, 4) is 0 Å². The van der Waals surface area contributed by atoms with Gasteiger partial charge in [-0.25, -0.2) is 19.4 Å². The van der Waals surface area contributed by atoms with Gasteiger partial charge in [-0.05, 0) is 43.3 Å². The zero-order valence-electron chi connectivity index (χ0n) is 32.6. The Morgan fingerprint density at radius 3 is 1.77 bits per heavy atom. The molecule has 61 heavy (non-hydrogen) atoms. The van der Waals surface area contributed by atoms with Gasteiger partial charge < -0.3 is 34.8 Å². The van der Waals surface area contributed by atoms with Gasteiger partial charge >= 0.3 is 11.4 Å². The third kappa shape index (κ3) is 11.9. The minimum atomic E-state index is -1.72. The normalized spacial score (nSPS) is 23.1. The maximum Gasteiger partial charge on any atom is 0.351 e. The van der Waals surface area contributed by atoms with Crippen molar-refractivity contribution in [2.75, 3.05) is 24.9 Å². The Morgan fingerprint density at radius 2 is 1.28 bits per heavy atom. The van der Waals surface area contributed by atoms with Crippen molar-refractivity contribution in [3.05, 3.63) is 129 Å². The molecule has 4 heterocycles. The zero-order chi connectivity index (χ0) is 43.9. The molecule has 2 fully saturated rings. The molecule has 2 aliphatic heterocycles. The number of amides is 2. The SMILES string of the molecule is C=C1[C@@H](OSOOC)[C@@H](CC=O)O[C@H]1n1ccc(NC(=O)c2ccccc2)nc1=O.COOSO[C@H]1[C@@H](CC=O)O[C@@H](n2ccc(NC(=O)c3ccccc3)nc2=O)C1(C)O. The summed E-state index contributed by atoms with van der Waals surface area (Å²) in [4.78, 5) is 88.2. The van der Waals surface area contributed by atoms with Gasteiger partial charge in [0.15, 0.2) is 37.1 Å². The van der Waals surface area contributed by atoms with E-state index in [1.807, 2.05) is 0 Å². The van der Waals surface area contributed by atoms with Gasteiger partial charge in [-0.3, -0.25) is 27.1 Å². The molecule has 324 valence electrons. The summed E-state index contributed by atoms with van der Waals surface area (Å²) < 4.78 is 33.8. The van der Waals surface area contributed by atoms with Gasteiger partial charge in [-0.1, -0.05) is 43.0 Å². The number of carbonyl (C=O) groups is 4. The molecule has 23 heteroatoms. The highest BCUT2D eigenvalue weighted by atomic mass is 32.2. The predicted molar refractivity (Wildman–Crippen MR) is 216 cm³/mol. The van der Waals surface area contributed by atoms with Crippen LogP contribution in [0.15, 0.2) is 107 Å². The van der Waals surface area contributed by atoms with Crippen LogP contribution < -0.4 is 22.0 Å². The van der Waals surface area contributed by atoms with E-state index in [0.29, 0.717) is 53.9 Å². The minimum absolute atomic E-state index is 0.0289. The van der Waals surface area contributed by atoms with Crippen molar-refractivity contribution in [2.24, 2.45) is 0 Å². The molecule has 6 rings (SSSR count). The Balaban J connectivity index is 0.000000231. The first kappa shape index (κ1) is 46.6. The number of hydrogen-bond acceptors (Lipinski definition) is 19. The molecule has 2 aromatic carbocycles. The number of aldehydes is 2. The number of ether oxygens (including phenoxy) is 2. The lowest BCUT2D eigenvalue weighted by Crippen LogP contribution is -2.46. The van der Waals surface area contributed by atoms with Crippen LogP contribution >= 0.6 is 24.6 Å². The van der Waals surface area contributed by atoms with E-state index in [-0.39, 0.29) is 24.5 Å². The van der Waals surface area contributed by atoms with Crippen molar-refractivity contribution in [1.82, 2.24) is 19.1 Å². The number of aliphatic hydroxyl groups is 1. The van der Waals surface area contributed by atoms with E-state index in [9.17, 15) is 33.9 Å². The Labute approximate surface area is 355 Å². The molecule has 3 N–H and O–H groups in total. The average Bonchev–Trinajstić information content (AvgIpc) is 3.69. The lowest BCUT2D eigenvalue weighted by molar-refractivity contribution is -0.171. The second-order valence-corrected chi connectivity index (χ2v) is 13.9. The molecular formula is C38H40N6O15S2. The van der Waals surface area contributed by atoms with Crippen LogP contribution in [0.5, 0.6) is 0 Å². The third-order valence-electron chi connectivity index (χ3n) is 8.90. The molecule has 0 saturated carbocycles.